The lowest BCUT2D eigenvalue weighted by Crippen LogP contribution is -2.27. The van der Waals surface area contributed by atoms with Gasteiger partial charge < -0.3 is 58.3 Å². The van der Waals surface area contributed by atoms with Gasteiger partial charge in [-0.05, 0) is 337 Å². The van der Waals surface area contributed by atoms with Gasteiger partial charge >= 0.3 is 18.1 Å². The van der Waals surface area contributed by atoms with Crippen LogP contribution in [0, 0.1) is 5.92 Å². The Kier molecular flexibility index (Phi) is 67.3. The van der Waals surface area contributed by atoms with E-state index in [2.05, 4.69) is 240 Å². The summed E-state index contributed by atoms with van der Waals surface area (Å²) in [6, 6.07) is 83.0. The predicted octanol–water partition coefficient (Wildman–Crippen LogP) is 36.1. The van der Waals surface area contributed by atoms with E-state index in [-0.39, 0.29) is 36.0 Å². The van der Waals surface area contributed by atoms with Gasteiger partial charge in [-0.3, -0.25) is 9.59 Å². The van der Waals surface area contributed by atoms with Crippen molar-refractivity contribution in [3.05, 3.63) is 310 Å². The van der Waals surface area contributed by atoms with E-state index in [4.69, 9.17) is 53.6 Å². The largest absolute Gasteiger partial charge is 0.513 e. The van der Waals surface area contributed by atoms with Crippen LogP contribution in [0.15, 0.2) is 255 Å². The summed E-state index contributed by atoms with van der Waals surface area (Å²) in [6.07, 6.45) is 17.8. The first kappa shape index (κ1) is 127. The molecule has 4 N–H and O–H groups in total. The molecule has 1 saturated carbocycles. The van der Waals surface area contributed by atoms with Gasteiger partial charge in [0.15, 0.2) is 12.6 Å². The second kappa shape index (κ2) is 74.1. The minimum absolute atomic E-state index is 0.0224. The van der Waals surface area contributed by atoms with Crippen molar-refractivity contribution in [3.63, 3.8) is 0 Å². The highest BCUT2D eigenvalue weighted by Gasteiger charge is 2.22. The topological polar surface area (TPSA) is 206 Å². The number of hydrogen-bond donors (Lipinski definition) is 4. The molecule has 1 aliphatic rings. The Labute approximate surface area is 848 Å². The third-order valence-corrected chi connectivity index (χ3v) is 25.3. The van der Waals surface area contributed by atoms with E-state index in [0.29, 0.717) is 106 Å². The van der Waals surface area contributed by atoms with Crippen molar-refractivity contribution in [2.75, 3.05) is 13.7 Å². The van der Waals surface area contributed by atoms with Gasteiger partial charge in [-0.25, -0.2) is 4.79 Å². The van der Waals surface area contributed by atoms with Gasteiger partial charge in [0.05, 0.1) is 19.1 Å². The van der Waals surface area contributed by atoms with Gasteiger partial charge in [-0.1, -0.05) is 329 Å². The van der Waals surface area contributed by atoms with Crippen LogP contribution in [0.1, 0.15) is 418 Å². The van der Waals surface area contributed by atoms with E-state index in [1.807, 2.05) is 177 Å². The normalized spacial score (nSPS) is 14.0. The van der Waals surface area contributed by atoms with Crippen molar-refractivity contribution in [2.45, 2.75) is 387 Å². The van der Waals surface area contributed by atoms with E-state index in [9.17, 15) is 14.4 Å². The highest BCUT2D eigenvalue weighted by atomic mass is 16.7. The molecule has 15 nitrogen and oxygen atoms in total. The number of phenolic OH excluding ortho intramolecular Hbond substituents is 4. The van der Waals surface area contributed by atoms with Gasteiger partial charge in [-0.2, -0.15) is 0 Å². The molecular weight excluding hydrogens is 1740 g/mol. The summed E-state index contributed by atoms with van der Waals surface area (Å²) < 4.78 is 42.5. The van der Waals surface area contributed by atoms with E-state index in [0.717, 1.165) is 69.3 Å². The first-order valence-electron chi connectivity index (χ1n) is 52.1. The number of aromatic hydroxyl groups is 4. The molecular formula is C125H184O15. The molecule has 140 heavy (non-hydrogen) atoms. The Morgan fingerprint density at radius 2 is 0.557 bits per heavy atom. The third kappa shape index (κ3) is 56.5. The Morgan fingerprint density at radius 3 is 0.814 bits per heavy atom. The predicted molar refractivity (Wildman–Crippen MR) is 588 cm³/mol. The molecule has 0 bridgehead atoms. The number of phenols is 4. The maximum atomic E-state index is 11.2. The maximum absolute atomic E-state index is 11.2. The number of esters is 2. The molecule has 0 spiro atoms. The van der Waals surface area contributed by atoms with Crippen LogP contribution < -0.4 is 18.9 Å². The first-order valence-corrected chi connectivity index (χ1v) is 52.1. The molecule has 13 atom stereocenters. The Hall–Kier alpha value is -10.9. The van der Waals surface area contributed by atoms with Crippen molar-refractivity contribution in [1.82, 2.24) is 0 Å². The van der Waals surface area contributed by atoms with Gasteiger partial charge in [0, 0.05) is 13.5 Å². The van der Waals surface area contributed by atoms with Crippen LogP contribution >= 0.6 is 0 Å². The second-order valence-corrected chi connectivity index (χ2v) is 37.8. The number of rotatable bonds is 32. The van der Waals surface area contributed by atoms with E-state index >= 15 is 0 Å². The summed E-state index contributed by atoms with van der Waals surface area (Å²) in [5.41, 5.74) is 12.5. The van der Waals surface area contributed by atoms with Crippen molar-refractivity contribution in [2.24, 2.45) is 5.92 Å². The van der Waals surface area contributed by atoms with Gasteiger partial charge in [-0.15, -0.1) is 0 Å². The van der Waals surface area contributed by atoms with E-state index in [1.54, 1.807) is 36.4 Å². The molecule has 774 valence electrons. The van der Waals surface area contributed by atoms with E-state index < -0.39 is 6.16 Å². The third-order valence-electron chi connectivity index (χ3n) is 25.3. The Morgan fingerprint density at radius 1 is 0.307 bits per heavy atom. The minimum Gasteiger partial charge on any atom is -0.508 e. The molecule has 0 saturated heterocycles. The lowest BCUT2D eigenvalue weighted by molar-refractivity contribution is -0.159. The number of ether oxygens (including phenoxy) is 8. The monoisotopic (exact) mass is 1930 g/mol. The zero-order valence-corrected chi connectivity index (χ0v) is 91.6. The lowest BCUT2D eigenvalue weighted by Gasteiger charge is -2.26. The molecule has 11 rings (SSSR count). The zero-order chi connectivity index (χ0) is 105. The number of carbonyl (C=O) groups excluding carboxylic acids is 3. The molecule has 15 heteroatoms. The molecule has 0 aliphatic heterocycles. The lowest BCUT2D eigenvalue weighted by atomic mass is 9.98. The van der Waals surface area contributed by atoms with Gasteiger partial charge in [0.2, 0.25) is 0 Å². The summed E-state index contributed by atoms with van der Waals surface area (Å²) in [5, 5.41) is 36.6. The van der Waals surface area contributed by atoms with Crippen molar-refractivity contribution >= 4 is 18.1 Å². The van der Waals surface area contributed by atoms with Gasteiger partial charge in [0.1, 0.15) is 51.6 Å². The Balaban J connectivity index is 0.000000775. The van der Waals surface area contributed by atoms with Crippen molar-refractivity contribution < 1.29 is 72.7 Å². The fourth-order valence-electron chi connectivity index (χ4n) is 13.8. The summed E-state index contributed by atoms with van der Waals surface area (Å²) in [7, 11) is 1.29. The summed E-state index contributed by atoms with van der Waals surface area (Å²) in [5.74, 6) is 9.79. The SMILES string of the molecule is CCC(C)C(=O)OC(C)(C)C.CCC(C)c1cccc(O)c1.CCC(C)c1cccc(O)c1.CCC(C)c1cccc(O)c1.CCC(C)c1cccc(O)c1.CCC(C)c1cccc(OC(=O)OC)c1.CCC(C)c1cccc(OC(C)=O)c1.CCC(C)c1cccc(OC(C)OC2CCCCC2)c1.CCC(C)c1ccccc1.CCC(C)c1ccccc1.CCOC(C)Oc1cccc(C(C)CC)c1. The van der Waals surface area contributed by atoms with Crippen LogP contribution in [0.2, 0.25) is 0 Å². The molecule has 13 unspecified atom stereocenters. The standard InChI is InChI=1S/C18H28O2.C14H22O2.C12H16O3.C12H16O2.4C10H14O.2C10H14.C9H18O2/c1-4-14(2)16-9-8-12-18(13-16)20-15(3)19-17-10-6-5-7-11-17;1-5-11(3)13-8-7-9-14(10-13)16-12(4)15-6-2;1-4-9(2)10-6-5-7-11(8-10)15-12(13)14-3;1-4-9(2)11-6-5-7-12(8-11)14-10(3)13;4*1-3-8(2)9-5-4-6-10(11)7-9;2*1-3-9(2)10-7-5-4-6-8-10;1-6-7(2)8(10)11-9(3,4)5/h8-9,12-15,17H,4-7,10-11H2,1-3H3;7-12H,5-6H2,1-4H3;5-9H,4H2,1-3H3;5-9H,4H2,1-3H3;4*4-8,11H,3H2,1-2H3;2*4-9H,3H2,1-2H3;7H,6H2,1-5H3. The van der Waals surface area contributed by atoms with Crippen LogP contribution in [-0.2, 0) is 28.5 Å². The minimum atomic E-state index is -0.684. The summed E-state index contributed by atoms with van der Waals surface area (Å²) in [6.45, 7) is 61.1. The van der Waals surface area contributed by atoms with E-state index in [1.165, 1.54) is 115 Å². The number of methoxy groups -OCH3 is 1. The summed E-state index contributed by atoms with van der Waals surface area (Å²) in [4.78, 5) is 32.8. The molecule has 1 fully saturated rings. The van der Waals surface area contributed by atoms with Crippen LogP contribution in [0.4, 0.5) is 4.79 Å². The second-order valence-electron chi connectivity index (χ2n) is 37.8. The molecule has 0 amide bonds. The van der Waals surface area contributed by atoms with Gasteiger partial charge in [0.25, 0.3) is 0 Å². The average molecular weight is 1930 g/mol. The smallest absolute Gasteiger partial charge is 0.508 e. The fourth-order valence-corrected chi connectivity index (χ4v) is 13.8. The van der Waals surface area contributed by atoms with Crippen molar-refractivity contribution in [1.29, 1.82) is 0 Å². The Bertz CT molecular complexity index is 4590. The highest BCUT2D eigenvalue weighted by molar-refractivity contribution is 5.72. The molecule has 10 aromatic carbocycles. The number of carbonyl (C=O) groups is 3. The maximum Gasteiger partial charge on any atom is 0.513 e. The summed E-state index contributed by atoms with van der Waals surface area (Å²) >= 11 is 0. The van der Waals surface area contributed by atoms with Crippen LogP contribution in [0.3, 0.4) is 0 Å². The zero-order valence-electron chi connectivity index (χ0n) is 91.6. The number of benzene rings is 10. The first-order chi connectivity index (χ1) is 66.6. The van der Waals surface area contributed by atoms with Crippen LogP contribution in [-0.4, -0.2) is 76.5 Å². The molecule has 0 radical (unpaired) electrons. The van der Waals surface area contributed by atoms with Crippen LogP contribution in [0.25, 0.3) is 0 Å². The molecule has 1 aliphatic carbocycles. The number of hydrogen-bond acceptors (Lipinski definition) is 15. The highest BCUT2D eigenvalue weighted by Crippen LogP contribution is 2.32. The molecule has 0 heterocycles. The van der Waals surface area contributed by atoms with Crippen molar-refractivity contribution in [3.8, 4) is 46.0 Å². The quantitative estimate of drug-likeness (QED) is 0.0134. The fraction of sp³-hybridized carbons (Fsp3) is 0.496. The van der Waals surface area contributed by atoms with Crippen LogP contribution in [0.5, 0.6) is 46.0 Å². The average Bonchev–Trinajstić information content (AvgIpc) is 0.863. The molecule has 0 aromatic heterocycles. The molecule has 10 aromatic rings.